The van der Waals surface area contributed by atoms with Crippen molar-refractivity contribution in [3.63, 3.8) is 0 Å². The number of halogens is 4. The highest BCUT2D eigenvalue weighted by Crippen LogP contribution is 2.61. The van der Waals surface area contributed by atoms with E-state index in [0.29, 0.717) is 12.6 Å². The lowest BCUT2D eigenvalue weighted by Crippen LogP contribution is -2.42. The fraction of sp³-hybridized carbons (Fsp3) is 0.571. The molecule has 2 bridgehead atoms. The van der Waals surface area contributed by atoms with Crippen LogP contribution in [0.1, 0.15) is 18.9 Å². The van der Waals surface area contributed by atoms with E-state index in [9.17, 15) is 27.6 Å². The largest absolute Gasteiger partial charge is 0.461 e. The van der Waals surface area contributed by atoms with E-state index in [0.717, 1.165) is 11.0 Å². The maximum absolute atomic E-state index is 13.2. The van der Waals surface area contributed by atoms with Crippen molar-refractivity contribution in [3.05, 3.63) is 22.8 Å². The van der Waals surface area contributed by atoms with Gasteiger partial charge in [0.05, 0.1) is 34.9 Å². The number of aromatic nitrogens is 1. The zero-order valence-corrected chi connectivity index (χ0v) is 18.6. The molecule has 3 heterocycles. The predicted octanol–water partition coefficient (Wildman–Crippen LogP) is 2.35. The lowest BCUT2D eigenvalue weighted by molar-refractivity contribution is -0.141. The summed E-state index contributed by atoms with van der Waals surface area (Å²) in [5, 5.41) is 6.45. The van der Waals surface area contributed by atoms with Gasteiger partial charge in [-0.25, -0.2) is 9.78 Å². The third-order valence-electron chi connectivity index (χ3n) is 7.06. The molecule has 3 fully saturated rings. The van der Waals surface area contributed by atoms with Crippen molar-refractivity contribution in [2.45, 2.75) is 25.6 Å². The maximum atomic E-state index is 13.2. The van der Waals surface area contributed by atoms with E-state index in [-0.39, 0.29) is 65.8 Å². The molecule has 34 heavy (non-hydrogen) atoms. The first-order valence-electron chi connectivity index (χ1n) is 10.9. The molecule has 1 aromatic rings. The summed E-state index contributed by atoms with van der Waals surface area (Å²) in [5.41, 5.74) is -0.809. The van der Waals surface area contributed by atoms with Crippen LogP contribution in [0.3, 0.4) is 0 Å². The monoisotopic (exact) mass is 500 g/mol. The van der Waals surface area contributed by atoms with Crippen LogP contribution >= 0.6 is 11.6 Å². The van der Waals surface area contributed by atoms with Crippen LogP contribution in [0, 0.1) is 29.6 Å². The van der Waals surface area contributed by atoms with E-state index in [1.807, 2.05) is 0 Å². The number of alkyl halides is 3. The maximum Gasteiger partial charge on any atom is 0.417 e. The number of amides is 2. The Bertz CT molecular complexity index is 1100. The van der Waals surface area contributed by atoms with Gasteiger partial charge in [0.15, 0.2) is 5.71 Å². The molecule has 0 radical (unpaired) electrons. The molecule has 2 amide bonds. The molecule has 6 atom stereocenters. The van der Waals surface area contributed by atoms with Crippen molar-refractivity contribution in [1.82, 2.24) is 9.88 Å². The van der Waals surface area contributed by atoms with Gasteiger partial charge < -0.3 is 14.9 Å². The Balaban J connectivity index is 1.25. The molecule has 182 valence electrons. The summed E-state index contributed by atoms with van der Waals surface area (Å²) in [5.74, 6) is -3.15. The molecule has 2 saturated carbocycles. The Morgan fingerprint density at radius 1 is 1.26 bits per heavy atom. The molecule has 1 aromatic heterocycles. The lowest BCUT2D eigenvalue weighted by Gasteiger charge is -2.29. The summed E-state index contributed by atoms with van der Waals surface area (Å²) in [7, 11) is 0. The molecule has 2 aliphatic carbocycles. The van der Waals surface area contributed by atoms with E-state index in [1.165, 1.54) is 0 Å². The Labute approximate surface area is 196 Å². The molecule has 13 heteroatoms. The van der Waals surface area contributed by atoms with E-state index in [1.54, 1.807) is 6.92 Å². The first-order valence-corrected chi connectivity index (χ1v) is 11.2. The SMILES string of the molecule is CCOC(=O)C1=NOC2C3CC(C12)C1C(=O)N(CCNc2ncc(C(F)(F)F)cc2Cl)C(=O)C31. The second-order valence-electron chi connectivity index (χ2n) is 8.71. The Hall–Kier alpha value is -2.89. The number of pyridine rings is 1. The number of ether oxygens (including phenoxy) is 1. The zero-order chi connectivity index (χ0) is 24.4. The van der Waals surface area contributed by atoms with Crippen molar-refractivity contribution in [2.24, 2.45) is 34.7 Å². The molecule has 0 spiro atoms. The van der Waals surface area contributed by atoms with Crippen LogP contribution in [-0.2, 0) is 30.1 Å². The number of carbonyl (C=O) groups excluding carboxylic acids is 3. The predicted molar refractivity (Wildman–Crippen MR) is 110 cm³/mol. The minimum Gasteiger partial charge on any atom is -0.461 e. The standard InChI is InChI=1S/C21H20ClF3N4O5/c1-2-33-20(32)15-14-9-6-10(16(14)34-28-15)13-12(9)18(30)29(19(13)31)4-3-26-17-11(22)5-8(7-27-17)21(23,24)25/h5,7,9-10,12-14,16H,2-4,6H2,1H3,(H,26,27). The summed E-state index contributed by atoms with van der Waals surface area (Å²) in [6.45, 7) is 1.92. The molecule has 1 N–H and O–H groups in total. The fourth-order valence-corrected chi connectivity index (χ4v) is 6.02. The highest BCUT2D eigenvalue weighted by molar-refractivity contribution is 6.38. The second-order valence-corrected chi connectivity index (χ2v) is 9.12. The van der Waals surface area contributed by atoms with Gasteiger partial charge in [0.2, 0.25) is 11.8 Å². The van der Waals surface area contributed by atoms with Gasteiger partial charge in [-0.3, -0.25) is 14.5 Å². The molecule has 2 aliphatic heterocycles. The molecule has 4 aliphatic rings. The summed E-state index contributed by atoms with van der Waals surface area (Å²) in [6.07, 6.45) is -3.75. The van der Waals surface area contributed by atoms with Crippen molar-refractivity contribution in [3.8, 4) is 0 Å². The van der Waals surface area contributed by atoms with Crippen LogP contribution in [0.5, 0.6) is 0 Å². The van der Waals surface area contributed by atoms with Crippen LogP contribution in [0.2, 0.25) is 5.02 Å². The van der Waals surface area contributed by atoms with E-state index in [2.05, 4.69) is 15.5 Å². The van der Waals surface area contributed by atoms with E-state index >= 15 is 0 Å². The van der Waals surface area contributed by atoms with Gasteiger partial charge in [0.25, 0.3) is 0 Å². The topological polar surface area (TPSA) is 110 Å². The van der Waals surface area contributed by atoms with Crippen molar-refractivity contribution >= 4 is 40.9 Å². The minimum atomic E-state index is -4.57. The van der Waals surface area contributed by atoms with Gasteiger partial charge in [-0.15, -0.1) is 0 Å². The average molecular weight is 501 g/mol. The smallest absolute Gasteiger partial charge is 0.417 e. The number of esters is 1. The third-order valence-corrected chi connectivity index (χ3v) is 7.35. The van der Waals surface area contributed by atoms with Crippen LogP contribution in [0.25, 0.3) is 0 Å². The highest BCUT2D eigenvalue weighted by atomic mass is 35.5. The molecule has 1 saturated heterocycles. The second kappa shape index (κ2) is 8.10. The van der Waals surface area contributed by atoms with Crippen molar-refractivity contribution < 1.29 is 37.1 Å². The number of imide groups is 1. The van der Waals surface area contributed by atoms with Gasteiger partial charge in [0, 0.05) is 25.2 Å². The molecule has 5 rings (SSSR count). The normalized spacial score (nSPS) is 31.3. The minimum absolute atomic E-state index is 0.00183. The average Bonchev–Trinajstić information content (AvgIpc) is 3.50. The van der Waals surface area contributed by atoms with Gasteiger partial charge in [-0.05, 0) is 25.3 Å². The summed E-state index contributed by atoms with van der Waals surface area (Å²) >= 11 is 5.89. The zero-order valence-electron chi connectivity index (χ0n) is 17.8. The van der Waals surface area contributed by atoms with Crippen LogP contribution in [0.4, 0.5) is 19.0 Å². The number of rotatable bonds is 6. The summed E-state index contributed by atoms with van der Waals surface area (Å²) in [4.78, 5) is 48.8. The van der Waals surface area contributed by atoms with Gasteiger partial charge in [-0.2, -0.15) is 13.2 Å². The summed E-state index contributed by atoms with van der Waals surface area (Å²) in [6, 6.07) is 0.757. The highest BCUT2D eigenvalue weighted by Gasteiger charge is 2.70. The van der Waals surface area contributed by atoms with Crippen LogP contribution < -0.4 is 5.32 Å². The number of oxime groups is 1. The number of anilines is 1. The number of likely N-dealkylation sites (tertiary alicyclic amines) is 1. The van der Waals surface area contributed by atoms with Crippen LogP contribution in [-0.4, -0.2) is 59.2 Å². The lowest BCUT2D eigenvalue weighted by atomic mass is 9.72. The molecule has 0 aromatic carbocycles. The molecule has 6 unspecified atom stereocenters. The van der Waals surface area contributed by atoms with Gasteiger partial charge in [-0.1, -0.05) is 16.8 Å². The molecular weight excluding hydrogens is 481 g/mol. The Morgan fingerprint density at radius 2 is 1.97 bits per heavy atom. The molecule has 9 nitrogen and oxygen atoms in total. The van der Waals surface area contributed by atoms with E-state index in [4.69, 9.17) is 21.2 Å². The first-order chi connectivity index (χ1) is 16.1. The number of fused-ring (bicyclic) bond motifs is 8. The van der Waals surface area contributed by atoms with Crippen LogP contribution in [0.15, 0.2) is 17.4 Å². The third kappa shape index (κ3) is 3.41. The van der Waals surface area contributed by atoms with Gasteiger partial charge in [0.1, 0.15) is 11.9 Å². The Kier molecular flexibility index (Phi) is 5.45. The summed E-state index contributed by atoms with van der Waals surface area (Å²) < 4.78 is 43.4. The Morgan fingerprint density at radius 3 is 2.62 bits per heavy atom. The van der Waals surface area contributed by atoms with Gasteiger partial charge >= 0.3 is 12.1 Å². The first kappa shape index (κ1) is 22.9. The number of carbonyl (C=O) groups is 3. The molecular formula is C21H20ClF3N4O5. The van der Waals surface area contributed by atoms with E-state index < -0.39 is 35.6 Å². The number of hydrogen-bond donors (Lipinski definition) is 1. The number of nitrogens with one attached hydrogen (secondary N) is 1. The van der Waals surface area contributed by atoms with Crippen molar-refractivity contribution in [1.29, 1.82) is 0 Å². The quantitative estimate of drug-likeness (QED) is 0.471. The number of hydrogen-bond acceptors (Lipinski definition) is 8. The number of nitrogens with zero attached hydrogens (tertiary/aromatic N) is 3. The fourth-order valence-electron chi connectivity index (χ4n) is 5.79. The van der Waals surface area contributed by atoms with Crippen molar-refractivity contribution in [2.75, 3.05) is 25.0 Å².